The Morgan fingerprint density at radius 3 is 2.39 bits per heavy atom. The molecule has 18 heavy (non-hydrogen) atoms. The van der Waals surface area contributed by atoms with E-state index in [4.69, 9.17) is 4.74 Å². The van der Waals surface area contributed by atoms with Crippen LogP contribution >= 0.6 is 0 Å². The van der Waals surface area contributed by atoms with E-state index in [0.29, 0.717) is 0 Å². The predicted molar refractivity (Wildman–Crippen MR) is 75.9 cm³/mol. The molecule has 0 aliphatic heterocycles. The van der Waals surface area contributed by atoms with Crippen LogP contribution in [0.1, 0.15) is 18.2 Å². The molecule has 0 saturated heterocycles. The lowest BCUT2D eigenvalue weighted by atomic mass is 10.1. The monoisotopic (exact) mass is 243 g/mol. The molecule has 0 unspecified atom stereocenters. The number of hydrogen-bond donors (Lipinski definition) is 0. The average molecular weight is 243 g/mol. The Hall–Kier alpha value is -1.54. The van der Waals surface area contributed by atoms with Crippen LogP contribution in [0.25, 0.3) is 11.3 Å². The Kier molecular flexibility index (Phi) is 4.21. The second-order valence-corrected chi connectivity index (χ2v) is 4.55. The quantitative estimate of drug-likeness (QED) is 0.781. The van der Waals surface area contributed by atoms with Crippen molar-refractivity contribution in [1.82, 2.24) is 4.57 Å². The van der Waals surface area contributed by atoms with E-state index in [1.165, 1.54) is 22.5 Å². The summed E-state index contributed by atoms with van der Waals surface area (Å²) in [6.45, 7) is 5.97. The molecule has 0 saturated carbocycles. The van der Waals surface area contributed by atoms with Gasteiger partial charge in [0.1, 0.15) is 0 Å². The Morgan fingerprint density at radius 1 is 1.06 bits per heavy atom. The van der Waals surface area contributed by atoms with Crippen LogP contribution in [0.15, 0.2) is 36.4 Å². The minimum Gasteiger partial charge on any atom is -0.383 e. The van der Waals surface area contributed by atoms with Crippen LogP contribution in [0.5, 0.6) is 0 Å². The maximum atomic E-state index is 5.18. The molecule has 0 amide bonds. The van der Waals surface area contributed by atoms with E-state index < -0.39 is 0 Å². The second-order valence-electron chi connectivity index (χ2n) is 4.55. The van der Waals surface area contributed by atoms with Gasteiger partial charge < -0.3 is 9.30 Å². The van der Waals surface area contributed by atoms with Gasteiger partial charge in [0.05, 0.1) is 6.61 Å². The standard InChI is InChI=1S/C16H21NO/c1-4-14-6-8-15(9-7-14)16-10-5-13(2)17(16)11-12-18-3/h5-10H,4,11-12H2,1-3H3. The summed E-state index contributed by atoms with van der Waals surface area (Å²) in [5, 5.41) is 0. The van der Waals surface area contributed by atoms with E-state index in [1.807, 2.05) is 0 Å². The lowest BCUT2D eigenvalue weighted by Gasteiger charge is -2.11. The topological polar surface area (TPSA) is 14.2 Å². The van der Waals surface area contributed by atoms with Crippen LogP contribution < -0.4 is 0 Å². The van der Waals surface area contributed by atoms with Gasteiger partial charge in [-0.15, -0.1) is 0 Å². The smallest absolute Gasteiger partial charge is 0.0642 e. The highest BCUT2D eigenvalue weighted by Gasteiger charge is 2.06. The highest BCUT2D eigenvalue weighted by molar-refractivity contribution is 5.61. The van der Waals surface area contributed by atoms with Gasteiger partial charge in [-0.05, 0) is 36.6 Å². The van der Waals surface area contributed by atoms with Gasteiger partial charge in [0.15, 0.2) is 0 Å². The molecule has 0 bridgehead atoms. The molecule has 96 valence electrons. The third-order valence-electron chi connectivity index (χ3n) is 3.38. The molecule has 1 aromatic heterocycles. The van der Waals surface area contributed by atoms with Crippen LogP contribution in [-0.2, 0) is 17.7 Å². The summed E-state index contributed by atoms with van der Waals surface area (Å²) in [6, 6.07) is 13.2. The summed E-state index contributed by atoms with van der Waals surface area (Å²) < 4.78 is 7.49. The van der Waals surface area contributed by atoms with Crippen molar-refractivity contribution < 1.29 is 4.74 Å². The van der Waals surface area contributed by atoms with E-state index in [1.54, 1.807) is 7.11 Å². The summed E-state index contributed by atoms with van der Waals surface area (Å²) in [5.41, 5.74) is 5.20. The summed E-state index contributed by atoms with van der Waals surface area (Å²) >= 11 is 0. The van der Waals surface area contributed by atoms with Crippen molar-refractivity contribution in [3.05, 3.63) is 47.7 Å². The number of aryl methyl sites for hydroxylation is 2. The predicted octanol–water partition coefficient (Wildman–Crippen LogP) is 3.67. The third kappa shape index (κ3) is 2.65. The lowest BCUT2D eigenvalue weighted by molar-refractivity contribution is 0.187. The van der Waals surface area contributed by atoms with Gasteiger partial charge >= 0.3 is 0 Å². The second kappa shape index (κ2) is 5.87. The average Bonchev–Trinajstić information content (AvgIpc) is 2.78. The molecule has 2 heteroatoms. The number of methoxy groups -OCH3 is 1. The van der Waals surface area contributed by atoms with Crippen LogP contribution in [0.2, 0.25) is 0 Å². The van der Waals surface area contributed by atoms with E-state index >= 15 is 0 Å². The van der Waals surface area contributed by atoms with Gasteiger partial charge in [-0.25, -0.2) is 0 Å². The first-order chi connectivity index (χ1) is 8.76. The Labute approximate surface area is 109 Å². The van der Waals surface area contributed by atoms with Gasteiger partial charge in [0, 0.05) is 25.0 Å². The van der Waals surface area contributed by atoms with Crippen LogP contribution in [0, 0.1) is 6.92 Å². The minimum atomic E-state index is 0.746. The Morgan fingerprint density at radius 2 is 1.78 bits per heavy atom. The number of hydrogen-bond acceptors (Lipinski definition) is 1. The van der Waals surface area contributed by atoms with E-state index in [2.05, 4.69) is 54.8 Å². The van der Waals surface area contributed by atoms with Gasteiger partial charge in [-0.2, -0.15) is 0 Å². The van der Waals surface area contributed by atoms with E-state index in [9.17, 15) is 0 Å². The van der Waals surface area contributed by atoms with E-state index in [-0.39, 0.29) is 0 Å². The highest BCUT2D eigenvalue weighted by Crippen LogP contribution is 2.23. The summed E-state index contributed by atoms with van der Waals surface area (Å²) in [4.78, 5) is 0. The molecule has 0 N–H and O–H groups in total. The van der Waals surface area contributed by atoms with Crippen molar-refractivity contribution >= 4 is 0 Å². The van der Waals surface area contributed by atoms with Gasteiger partial charge in [-0.1, -0.05) is 31.2 Å². The summed E-state index contributed by atoms with van der Waals surface area (Å²) in [7, 11) is 1.74. The minimum absolute atomic E-state index is 0.746. The molecule has 0 aliphatic rings. The Bertz CT molecular complexity index is 496. The first-order valence-electron chi connectivity index (χ1n) is 6.50. The van der Waals surface area contributed by atoms with Crippen molar-refractivity contribution in [3.8, 4) is 11.3 Å². The molecule has 2 rings (SSSR count). The summed E-state index contributed by atoms with van der Waals surface area (Å²) in [6.07, 6.45) is 1.09. The van der Waals surface area contributed by atoms with Crippen molar-refractivity contribution in [2.45, 2.75) is 26.8 Å². The Balaban J connectivity index is 2.31. The van der Waals surface area contributed by atoms with Crippen molar-refractivity contribution in [1.29, 1.82) is 0 Å². The van der Waals surface area contributed by atoms with Crippen LogP contribution in [0.4, 0.5) is 0 Å². The van der Waals surface area contributed by atoms with Crippen molar-refractivity contribution in [2.24, 2.45) is 0 Å². The number of aromatic nitrogens is 1. The maximum Gasteiger partial charge on any atom is 0.0642 e. The molecule has 0 radical (unpaired) electrons. The van der Waals surface area contributed by atoms with E-state index in [0.717, 1.165) is 19.6 Å². The molecule has 0 atom stereocenters. The van der Waals surface area contributed by atoms with Gasteiger partial charge in [0.2, 0.25) is 0 Å². The van der Waals surface area contributed by atoms with Crippen molar-refractivity contribution in [3.63, 3.8) is 0 Å². The molecule has 0 aliphatic carbocycles. The summed E-state index contributed by atoms with van der Waals surface area (Å²) in [5.74, 6) is 0. The zero-order valence-corrected chi connectivity index (χ0v) is 11.4. The van der Waals surface area contributed by atoms with Crippen molar-refractivity contribution in [2.75, 3.05) is 13.7 Å². The maximum absolute atomic E-state index is 5.18. The lowest BCUT2D eigenvalue weighted by Crippen LogP contribution is -2.07. The molecule has 1 heterocycles. The number of benzene rings is 1. The normalized spacial score (nSPS) is 10.8. The zero-order chi connectivity index (χ0) is 13.0. The van der Waals surface area contributed by atoms with Gasteiger partial charge in [0.25, 0.3) is 0 Å². The zero-order valence-electron chi connectivity index (χ0n) is 11.4. The highest BCUT2D eigenvalue weighted by atomic mass is 16.5. The molecule has 2 aromatic rings. The molecule has 0 fully saturated rings. The fourth-order valence-corrected chi connectivity index (χ4v) is 2.21. The largest absolute Gasteiger partial charge is 0.383 e. The molecular weight excluding hydrogens is 222 g/mol. The number of nitrogens with zero attached hydrogens (tertiary/aromatic N) is 1. The molecule has 0 spiro atoms. The number of ether oxygens (including phenoxy) is 1. The first kappa shape index (κ1) is 12.9. The first-order valence-corrected chi connectivity index (χ1v) is 6.50. The molecule has 1 aromatic carbocycles. The molecule has 2 nitrogen and oxygen atoms in total. The van der Waals surface area contributed by atoms with Gasteiger partial charge in [-0.3, -0.25) is 0 Å². The fraction of sp³-hybridized carbons (Fsp3) is 0.375. The van der Waals surface area contributed by atoms with Crippen LogP contribution in [-0.4, -0.2) is 18.3 Å². The van der Waals surface area contributed by atoms with Crippen LogP contribution in [0.3, 0.4) is 0 Å². The number of rotatable bonds is 5. The fourth-order valence-electron chi connectivity index (χ4n) is 2.21. The SMILES string of the molecule is CCc1ccc(-c2ccc(C)n2CCOC)cc1. The molecular formula is C16H21NO. The third-order valence-corrected chi connectivity index (χ3v) is 3.38.